The molecule has 2 amide bonds. The third-order valence-corrected chi connectivity index (χ3v) is 4.36. The van der Waals surface area contributed by atoms with Gasteiger partial charge in [0.25, 0.3) is 0 Å². The summed E-state index contributed by atoms with van der Waals surface area (Å²) in [5.74, 6) is 0.799. The Kier molecular flexibility index (Phi) is 5.29. The summed E-state index contributed by atoms with van der Waals surface area (Å²) in [4.78, 5) is 13.8. The van der Waals surface area contributed by atoms with E-state index >= 15 is 0 Å². The number of nitrogens with one attached hydrogen (secondary N) is 2. The van der Waals surface area contributed by atoms with Gasteiger partial charge in [-0.2, -0.15) is 0 Å². The monoisotopic (exact) mass is 253 g/mol. The van der Waals surface area contributed by atoms with E-state index in [-0.39, 0.29) is 6.03 Å². The summed E-state index contributed by atoms with van der Waals surface area (Å²) in [7, 11) is 1.92. The van der Waals surface area contributed by atoms with Crippen molar-refractivity contribution in [2.75, 3.05) is 26.7 Å². The number of rotatable bonds is 4. The second kappa shape index (κ2) is 6.98. The number of hydrogen-bond donors (Lipinski definition) is 2. The minimum Gasteiger partial charge on any atom is -0.335 e. The van der Waals surface area contributed by atoms with E-state index in [0.717, 1.165) is 44.8 Å². The first-order valence-electron chi connectivity index (χ1n) is 7.48. The molecule has 2 aliphatic rings. The van der Waals surface area contributed by atoms with E-state index < -0.39 is 0 Å². The summed E-state index contributed by atoms with van der Waals surface area (Å²) >= 11 is 0. The van der Waals surface area contributed by atoms with Crippen LogP contribution >= 0.6 is 0 Å². The molecule has 104 valence electrons. The number of carbonyl (C=O) groups is 1. The highest BCUT2D eigenvalue weighted by molar-refractivity contribution is 5.74. The Morgan fingerprint density at radius 2 is 1.89 bits per heavy atom. The fourth-order valence-electron chi connectivity index (χ4n) is 3.00. The molecule has 0 aromatic rings. The van der Waals surface area contributed by atoms with Gasteiger partial charge in [0.15, 0.2) is 0 Å². The minimum atomic E-state index is 0.121. The second-order valence-electron chi connectivity index (χ2n) is 5.83. The molecule has 0 bridgehead atoms. The molecule has 0 spiro atoms. The predicted molar refractivity (Wildman–Crippen MR) is 73.6 cm³/mol. The fourth-order valence-corrected chi connectivity index (χ4v) is 3.00. The van der Waals surface area contributed by atoms with Crippen molar-refractivity contribution in [3.8, 4) is 0 Å². The molecule has 2 fully saturated rings. The van der Waals surface area contributed by atoms with Gasteiger partial charge in [0.1, 0.15) is 0 Å². The number of hydrogen-bond acceptors (Lipinski definition) is 2. The lowest BCUT2D eigenvalue weighted by Crippen LogP contribution is -2.43. The van der Waals surface area contributed by atoms with Crippen molar-refractivity contribution >= 4 is 6.03 Å². The van der Waals surface area contributed by atoms with E-state index in [1.54, 1.807) is 0 Å². The van der Waals surface area contributed by atoms with E-state index in [1.807, 2.05) is 11.9 Å². The zero-order valence-electron chi connectivity index (χ0n) is 11.6. The lowest BCUT2D eigenvalue weighted by molar-refractivity contribution is 0.199. The van der Waals surface area contributed by atoms with Gasteiger partial charge in [0.05, 0.1) is 0 Å². The Morgan fingerprint density at radius 1 is 1.22 bits per heavy atom. The van der Waals surface area contributed by atoms with Gasteiger partial charge in [0, 0.05) is 19.6 Å². The van der Waals surface area contributed by atoms with Crippen LogP contribution in [-0.2, 0) is 0 Å². The fraction of sp³-hybridized carbons (Fsp3) is 0.929. The van der Waals surface area contributed by atoms with Crippen LogP contribution < -0.4 is 10.6 Å². The third-order valence-electron chi connectivity index (χ3n) is 4.36. The van der Waals surface area contributed by atoms with Crippen molar-refractivity contribution in [1.82, 2.24) is 15.5 Å². The molecule has 18 heavy (non-hydrogen) atoms. The first kappa shape index (κ1) is 13.7. The zero-order chi connectivity index (χ0) is 12.8. The molecule has 0 aromatic carbocycles. The molecular weight excluding hydrogens is 226 g/mol. The highest BCUT2D eigenvalue weighted by Gasteiger charge is 2.20. The average Bonchev–Trinajstić information content (AvgIpc) is 2.90. The van der Waals surface area contributed by atoms with Gasteiger partial charge in [0.2, 0.25) is 0 Å². The summed E-state index contributed by atoms with van der Waals surface area (Å²) in [5.41, 5.74) is 0. The Hall–Kier alpha value is -0.770. The summed E-state index contributed by atoms with van der Waals surface area (Å²) in [5, 5.41) is 6.52. The van der Waals surface area contributed by atoms with Crippen molar-refractivity contribution in [3.63, 3.8) is 0 Å². The quantitative estimate of drug-likeness (QED) is 0.804. The Bertz CT molecular complexity index is 258. The van der Waals surface area contributed by atoms with Crippen LogP contribution in [0.5, 0.6) is 0 Å². The Labute approximate surface area is 110 Å². The SMILES string of the molecule is CN(CCC1CCNCC1)C(=O)NC1CCCC1. The van der Waals surface area contributed by atoms with Crippen molar-refractivity contribution in [1.29, 1.82) is 0 Å². The predicted octanol–water partition coefficient (Wildman–Crippen LogP) is 1.96. The highest BCUT2D eigenvalue weighted by atomic mass is 16.2. The zero-order valence-corrected chi connectivity index (χ0v) is 11.6. The standard InChI is InChI=1S/C14H27N3O/c1-17(11-8-12-6-9-15-10-7-12)14(18)16-13-4-2-3-5-13/h12-13,15H,2-11H2,1H3,(H,16,18). The van der Waals surface area contributed by atoms with Gasteiger partial charge in [-0.15, -0.1) is 0 Å². The molecule has 1 saturated carbocycles. The number of nitrogens with zero attached hydrogens (tertiary/aromatic N) is 1. The number of amides is 2. The first-order valence-corrected chi connectivity index (χ1v) is 7.48. The van der Waals surface area contributed by atoms with Crippen molar-refractivity contribution < 1.29 is 4.79 Å². The van der Waals surface area contributed by atoms with Crippen LogP contribution in [0, 0.1) is 5.92 Å². The van der Waals surface area contributed by atoms with Gasteiger partial charge in [-0.3, -0.25) is 0 Å². The molecule has 1 heterocycles. The highest BCUT2D eigenvalue weighted by Crippen LogP contribution is 2.18. The first-order chi connectivity index (χ1) is 8.75. The largest absolute Gasteiger partial charge is 0.335 e. The van der Waals surface area contributed by atoms with Crippen LogP contribution in [-0.4, -0.2) is 43.7 Å². The molecule has 4 nitrogen and oxygen atoms in total. The lowest BCUT2D eigenvalue weighted by Gasteiger charge is -2.26. The molecule has 1 saturated heterocycles. The van der Waals surface area contributed by atoms with E-state index in [4.69, 9.17) is 0 Å². The van der Waals surface area contributed by atoms with Crippen LogP contribution in [0.1, 0.15) is 44.9 Å². The van der Waals surface area contributed by atoms with Crippen molar-refractivity contribution in [2.45, 2.75) is 51.0 Å². The van der Waals surface area contributed by atoms with E-state index in [2.05, 4.69) is 10.6 Å². The molecule has 2 rings (SSSR count). The van der Waals surface area contributed by atoms with Gasteiger partial charge < -0.3 is 15.5 Å². The smallest absolute Gasteiger partial charge is 0.317 e. The van der Waals surface area contributed by atoms with Gasteiger partial charge in [-0.25, -0.2) is 4.79 Å². The molecule has 1 aliphatic heterocycles. The molecule has 0 unspecified atom stereocenters. The molecule has 1 aliphatic carbocycles. The summed E-state index contributed by atoms with van der Waals surface area (Å²) < 4.78 is 0. The van der Waals surface area contributed by atoms with Crippen LogP contribution in [0.4, 0.5) is 4.79 Å². The molecule has 0 aromatic heterocycles. The van der Waals surface area contributed by atoms with E-state index in [9.17, 15) is 4.79 Å². The normalized spacial score (nSPS) is 22.1. The summed E-state index contributed by atoms with van der Waals surface area (Å²) in [6.07, 6.45) is 8.53. The molecular formula is C14H27N3O. The van der Waals surface area contributed by atoms with E-state index in [1.165, 1.54) is 25.7 Å². The molecule has 2 N–H and O–H groups in total. The molecule has 4 heteroatoms. The van der Waals surface area contributed by atoms with Gasteiger partial charge in [-0.05, 0) is 51.1 Å². The maximum Gasteiger partial charge on any atom is 0.317 e. The van der Waals surface area contributed by atoms with Crippen molar-refractivity contribution in [2.24, 2.45) is 5.92 Å². The summed E-state index contributed by atoms with van der Waals surface area (Å²) in [6.45, 7) is 3.18. The topological polar surface area (TPSA) is 44.4 Å². The Morgan fingerprint density at radius 3 is 2.56 bits per heavy atom. The Balaban J connectivity index is 1.63. The average molecular weight is 253 g/mol. The maximum absolute atomic E-state index is 12.0. The number of piperidine rings is 1. The molecule has 0 atom stereocenters. The van der Waals surface area contributed by atoms with Crippen LogP contribution in [0.25, 0.3) is 0 Å². The van der Waals surface area contributed by atoms with Crippen LogP contribution in [0.2, 0.25) is 0 Å². The third kappa shape index (κ3) is 4.16. The lowest BCUT2D eigenvalue weighted by atomic mass is 9.94. The molecule has 0 radical (unpaired) electrons. The minimum absolute atomic E-state index is 0.121. The van der Waals surface area contributed by atoms with E-state index in [0.29, 0.717) is 6.04 Å². The van der Waals surface area contributed by atoms with Gasteiger partial charge in [-0.1, -0.05) is 12.8 Å². The number of urea groups is 1. The second-order valence-corrected chi connectivity index (χ2v) is 5.83. The van der Waals surface area contributed by atoms with Crippen molar-refractivity contribution in [3.05, 3.63) is 0 Å². The maximum atomic E-state index is 12.0. The van der Waals surface area contributed by atoms with Gasteiger partial charge >= 0.3 is 6.03 Å². The van der Waals surface area contributed by atoms with Crippen LogP contribution in [0.15, 0.2) is 0 Å². The summed E-state index contributed by atoms with van der Waals surface area (Å²) in [6, 6.07) is 0.551. The van der Waals surface area contributed by atoms with Crippen LogP contribution in [0.3, 0.4) is 0 Å². The number of carbonyl (C=O) groups excluding carboxylic acids is 1.